The standard InChI is InChI=1S/C56H41N/c1-36-12-3-4-15-45(36)46-29-26-41(32-37(46)2)38-22-24-39(25-23-38)43-28-31-53-52-20-9-10-21-55(52)57(56(53)35-43)44-14-11-13-40(33-44)42-27-30-51-49-18-6-5-16-47(49)48-17-7-8-19-50(48)54(51)34-42/h4-11,13-35H,3,12H2,1-2H3. The van der Waals surface area contributed by atoms with Gasteiger partial charge in [-0.05, 0) is 139 Å². The number of hydrogen-bond donors (Lipinski definition) is 0. The molecule has 0 unspecified atom stereocenters. The van der Waals surface area contributed by atoms with Gasteiger partial charge in [0.05, 0.1) is 11.0 Å². The largest absolute Gasteiger partial charge is 0.309 e. The van der Waals surface area contributed by atoms with Crippen LogP contribution in [0.5, 0.6) is 0 Å². The summed E-state index contributed by atoms with van der Waals surface area (Å²) in [6.45, 7) is 4.51. The Morgan fingerprint density at radius 2 is 0.912 bits per heavy atom. The number of aromatic nitrogens is 1. The Bertz CT molecular complexity index is 3260. The van der Waals surface area contributed by atoms with E-state index in [1.165, 1.54) is 110 Å². The molecule has 1 heteroatoms. The molecule has 1 nitrogen and oxygen atoms in total. The Morgan fingerprint density at radius 1 is 0.386 bits per heavy atom. The van der Waals surface area contributed by atoms with E-state index in [9.17, 15) is 0 Å². The Kier molecular flexibility index (Phi) is 7.82. The molecule has 0 saturated heterocycles. The van der Waals surface area contributed by atoms with Crippen LogP contribution in [0.4, 0.5) is 0 Å². The van der Waals surface area contributed by atoms with Gasteiger partial charge in [-0.3, -0.25) is 0 Å². The van der Waals surface area contributed by atoms with E-state index < -0.39 is 0 Å². The zero-order chi connectivity index (χ0) is 38.0. The summed E-state index contributed by atoms with van der Waals surface area (Å²) in [5, 5.41) is 10.3. The molecule has 270 valence electrons. The number of aryl methyl sites for hydroxylation is 1. The summed E-state index contributed by atoms with van der Waals surface area (Å²) in [4.78, 5) is 0. The first-order valence-electron chi connectivity index (χ1n) is 20.1. The van der Waals surface area contributed by atoms with Crippen molar-refractivity contribution < 1.29 is 0 Å². The molecule has 57 heavy (non-hydrogen) atoms. The summed E-state index contributed by atoms with van der Waals surface area (Å²) >= 11 is 0. The summed E-state index contributed by atoms with van der Waals surface area (Å²) in [7, 11) is 0. The fourth-order valence-electron chi connectivity index (χ4n) is 9.44. The molecule has 9 aromatic carbocycles. The Morgan fingerprint density at radius 3 is 1.60 bits per heavy atom. The van der Waals surface area contributed by atoms with Gasteiger partial charge in [0.2, 0.25) is 0 Å². The molecule has 1 aliphatic rings. The van der Waals surface area contributed by atoms with E-state index in [0.29, 0.717) is 0 Å². The van der Waals surface area contributed by atoms with Gasteiger partial charge >= 0.3 is 0 Å². The lowest BCUT2D eigenvalue weighted by Gasteiger charge is -2.16. The minimum atomic E-state index is 1.14. The first kappa shape index (κ1) is 33.4. The van der Waals surface area contributed by atoms with Crippen molar-refractivity contribution in [1.29, 1.82) is 0 Å². The number of benzene rings is 9. The van der Waals surface area contributed by atoms with Crippen LogP contribution in [0.15, 0.2) is 194 Å². The number of rotatable bonds is 5. The molecule has 0 fully saturated rings. The zero-order valence-corrected chi connectivity index (χ0v) is 32.3. The predicted octanol–water partition coefficient (Wildman–Crippen LogP) is 15.7. The van der Waals surface area contributed by atoms with Gasteiger partial charge in [0.1, 0.15) is 0 Å². The monoisotopic (exact) mass is 727 g/mol. The summed E-state index contributed by atoms with van der Waals surface area (Å²) in [6.07, 6.45) is 6.89. The van der Waals surface area contributed by atoms with Crippen LogP contribution in [0, 0.1) is 6.92 Å². The topological polar surface area (TPSA) is 4.93 Å². The van der Waals surface area contributed by atoms with Gasteiger partial charge in [0.15, 0.2) is 0 Å². The molecule has 10 aromatic rings. The molecule has 1 heterocycles. The summed E-state index contributed by atoms with van der Waals surface area (Å²) in [5.74, 6) is 0. The average molecular weight is 728 g/mol. The molecule has 1 aliphatic carbocycles. The lowest BCUT2D eigenvalue weighted by molar-refractivity contribution is 0.967. The van der Waals surface area contributed by atoms with Crippen LogP contribution in [0.3, 0.4) is 0 Å². The first-order valence-corrected chi connectivity index (χ1v) is 20.1. The van der Waals surface area contributed by atoms with E-state index in [2.05, 4.69) is 206 Å². The lowest BCUT2D eigenvalue weighted by Crippen LogP contribution is -1.95. The van der Waals surface area contributed by atoms with Crippen molar-refractivity contribution in [3.63, 3.8) is 0 Å². The van der Waals surface area contributed by atoms with Gasteiger partial charge in [0.25, 0.3) is 0 Å². The van der Waals surface area contributed by atoms with Crippen LogP contribution in [0.25, 0.3) is 98.8 Å². The molecule has 0 bridgehead atoms. The van der Waals surface area contributed by atoms with Crippen LogP contribution >= 0.6 is 0 Å². The quantitative estimate of drug-likeness (QED) is 0.156. The third kappa shape index (κ3) is 5.53. The number of hydrogen-bond acceptors (Lipinski definition) is 0. The van der Waals surface area contributed by atoms with Crippen molar-refractivity contribution in [3.8, 4) is 39.1 Å². The molecule has 0 amide bonds. The number of fused-ring (bicyclic) bond motifs is 9. The van der Waals surface area contributed by atoms with Crippen LogP contribution in [0.2, 0.25) is 0 Å². The van der Waals surface area contributed by atoms with Gasteiger partial charge in [-0.1, -0.05) is 163 Å². The highest BCUT2D eigenvalue weighted by Crippen LogP contribution is 2.40. The maximum atomic E-state index is 2.44. The van der Waals surface area contributed by atoms with E-state index >= 15 is 0 Å². The van der Waals surface area contributed by atoms with Crippen LogP contribution in [-0.2, 0) is 0 Å². The highest BCUT2D eigenvalue weighted by Gasteiger charge is 2.16. The van der Waals surface area contributed by atoms with Crippen LogP contribution in [-0.4, -0.2) is 4.57 Å². The van der Waals surface area contributed by atoms with E-state index in [0.717, 1.165) is 18.5 Å². The van der Waals surface area contributed by atoms with Gasteiger partial charge in [-0.2, -0.15) is 0 Å². The second kappa shape index (κ2) is 13.4. The Hall–Kier alpha value is -6.96. The number of nitrogens with zero attached hydrogens (tertiary/aromatic N) is 1. The summed E-state index contributed by atoms with van der Waals surface area (Å²) in [5.41, 5.74) is 16.4. The summed E-state index contributed by atoms with van der Waals surface area (Å²) < 4.78 is 2.44. The maximum absolute atomic E-state index is 2.44. The second-order valence-corrected chi connectivity index (χ2v) is 15.7. The van der Waals surface area contributed by atoms with E-state index in [-0.39, 0.29) is 0 Å². The van der Waals surface area contributed by atoms with Crippen molar-refractivity contribution in [3.05, 3.63) is 205 Å². The van der Waals surface area contributed by atoms with Gasteiger partial charge < -0.3 is 4.57 Å². The van der Waals surface area contributed by atoms with Crippen molar-refractivity contribution in [2.24, 2.45) is 0 Å². The van der Waals surface area contributed by atoms with Crippen molar-refractivity contribution >= 4 is 59.7 Å². The smallest absolute Gasteiger partial charge is 0.0547 e. The molecule has 1 aromatic heterocycles. The predicted molar refractivity (Wildman–Crippen MR) is 245 cm³/mol. The van der Waals surface area contributed by atoms with Crippen LogP contribution in [0.1, 0.15) is 30.9 Å². The number of para-hydroxylation sites is 1. The fraction of sp³-hybridized carbons (Fsp3) is 0.0714. The van der Waals surface area contributed by atoms with Crippen molar-refractivity contribution in [1.82, 2.24) is 4.57 Å². The fourth-order valence-corrected chi connectivity index (χ4v) is 9.44. The SMILES string of the molecule is CC1=C(c2ccc(-c3ccc(-c4ccc5c6ccccc6n(-c6cccc(-c7ccc8c9ccccc9c9ccccc9c8c7)c6)c5c4)cc3)cc2C)C=CCC1. The first-order chi connectivity index (χ1) is 28.1. The Labute approximate surface area is 333 Å². The Balaban J connectivity index is 0.987. The maximum Gasteiger partial charge on any atom is 0.0547 e. The molecule has 0 atom stereocenters. The minimum absolute atomic E-state index is 1.14. The lowest BCUT2D eigenvalue weighted by atomic mass is 9.89. The molecule has 0 N–H and O–H groups in total. The molecule has 0 spiro atoms. The number of allylic oxidation sites excluding steroid dienone is 4. The van der Waals surface area contributed by atoms with Crippen LogP contribution < -0.4 is 0 Å². The van der Waals surface area contributed by atoms with Crippen molar-refractivity contribution in [2.45, 2.75) is 26.7 Å². The van der Waals surface area contributed by atoms with E-state index in [1.807, 2.05) is 0 Å². The third-order valence-corrected chi connectivity index (χ3v) is 12.4. The molecular formula is C56H41N. The van der Waals surface area contributed by atoms with E-state index in [1.54, 1.807) is 0 Å². The molecule has 0 radical (unpaired) electrons. The van der Waals surface area contributed by atoms with Gasteiger partial charge in [-0.25, -0.2) is 0 Å². The van der Waals surface area contributed by atoms with Crippen molar-refractivity contribution in [2.75, 3.05) is 0 Å². The molecule has 11 rings (SSSR count). The second-order valence-electron chi connectivity index (χ2n) is 15.7. The van der Waals surface area contributed by atoms with E-state index in [4.69, 9.17) is 0 Å². The minimum Gasteiger partial charge on any atom is -0.309 e. The highest BCUT2D eigenvalue weighted by molar-refractivity contribution is 6.25. The molecular weight excluding hydrogens is 687 g/mol. The van der Waals surface area contributed by atoms with Gasteiger partial charge in [0, 0.05) is 16.5 Å². The summed E-state index contributed by atoms with van der Waals surface area (Å²) in [6, 6.07) is 65.4. The normalized spacial score (nSPS) is 13.2. The average Bonchev–Trinajstić information content (AvgIpc) is 3.60. The third-order valence-electron chi connectivity index (χ3n) is 12.4. The highest BCUT2D eigenvalue weighted by atomic mass is 15.0. The van der Waals surface area contributed by atoms with Gasteiger partial charge in [-0.15, -0.1) is 0 Å². The zero-order valence-electron chi connectivity index (χ0n) is 32.3. The molecule has 0 saturated carbocycles. The molecule has 0 aliphatic heterocycles.